The van der Waals surface area contributed by atoms with Gasteiger partial charge in [0.1, 0.15) is 6.10 Å². The SMILES string of the molecule is Cc1cc(C)c(-c2nc(C(C)O)nn2-c2ccnn2C)cn1.O=CO. The quantitative estimate of drug-likeness (QED) is 0.690. The lowest BCUT2D eigenvalue weighted by molar-refractivity contribution is -0.122. The number of aryl methyl sites for hydroxylation is 3. The number of hydrogen-bond donors (Lipinski definition) is 2. The number of nitrogens with zero attached hydrogens (tertiary/aromatic N) is 6. The highest BCUT2D eigenvalue weighted by Gasteiger charge is 2.19. The molecule has 25 heavy (non-hydrogen) atoms. The smallest absolute Gasteiger partial charge is 0.290 e. The van der Waals surface area contributed by atoms with Crippen molar-refractivity contribution < 1.29 is 15.0 Å². The molecule has 3 rings (SSSR count). The van der Waals surface area contributed by atoms with Crippen LogP contribution in [0.2, 0.25) is 0 Å². The Kier molecular flexibility index (Phi) is 5.60. The van der Waals surface area contributed by atoms with Gasteiger partial charge in [0.2, 0.25) is 0 Å². The molecular formula is C16H20N6O3. The summed E-state index contributed by atoms with van der Waals surface area (Å²) in [4.78, 5) is 17.2. The van der Waals surface area contributed by atoms with Gasteiger partial charge in [-0.25, -0.2) is 4.98 Å². The van der Waals surface area contributed by atoms with Crippen molar-refractivity contribution in [3.05, 3.63) is 41.6 Å². The molecule has 0 bridgehead atoms. The van der Waals surface area contributed by atoms with Crippen molar-refractivity contribution in [3.8, 4) is 17.2 Å². The van der Waals surface area contributed by atoms with E-state index in [1.165, 1.54) is 0 Å². The van der Waals surface area contributed by atoms with Crippen molar-refractivity contribution in [2.24, 2.45) is 7.05 Å². The molecule has 0 spiro atoms. The second-order valence-electron chi connectivity index (χ2n) is 5.44. The zero-order valence-electron chi connectivity index (χ0n) is 14.5. The van der Waals surface area contributed by atoms with Crippen molar-refractivity contribution in [1.29, 1.82) is 0 Å². The van der Waals surface area contributed by atoms with E-state index < -0.39 is 6.10 Å². The van der Waals surface area contributed by atoms with Crippen LogP contribution in [0.25, 0.3) is 17.2 Å². The number of pyridine rings is 1. The predicted molar refractivity (Wildman–Crippen MR) is 90.2 cm³/mol. The molecule has 0 aliphatic carbocycles. The maximum Gasteiger partial charge on any atom is 0.290 e. The van der Waals surface area contributed by atoms with Gasteiger partial charge in [0, 0.05) is 30.6 Å². The van der Waals surface area contributed by atoms with Crippen LogP contribution >= 0.6 is 0 Å². The van der Waals surface area contributed by atoms with Crippen LogP contribution < -0.4 is 0 Å². The van der Waals surface area contributed by atoms with Gasteiger partial charge in [-0.05, 0) is 32.4 Å². The number of hydrogen-bond acceptors (Lipinski definition) is 6. The van der Waals surface area contributed by atoms with Crippen LogP contribution in [0.1, 0.15) is 30.1 Å². The zero-order valence-corrected chi connectivity index (χ0v) is 14.5. The third kappa shape index (κ3) is 3.89. The molecule has 0 saturated heterocycles. The minimum absolute atomic E-state index is 0.250. The molecule has 0 radical (unpaired) electrons. The van der Waals surface area contributed by atoms with Gasteiger partial charge in [0.15, 0.2) is 17.5 Å². The summed E-state index contributed by atoms with van der Waals surface area (Å²) in [5, 5.41) is 25.3. The van der Waals surface area contributed by atoms with Gasteiger partial charge in [0.05, 0.1) is 6.20 Å². The van der Waals surface area contributed by atoms with Gasteiger partial charge < -0.3 is 10.2 Å². The second kappa shape index (κ2) is 7.67. The Morgan fingerprint density at radius 2 is 2.00 bits per heavy atom. The fourth-order valence-corrected chi connectivity index (χ4v) is 2.34. The third-order valence-electron chi connectivity index (χ3n) is 3.50. The highest BCUT2D eigenvalue weighted by atomic mass is 16.3. The van der Waals surface area contributed by atoms with Crippen LogP contribution in [-0.2, 0) is 11.8 Å². The molecule has 9 heteroatoms. The molecule has 2 N–H and O–H groups in total. The minimum Gasteiger partial charge on any atom is -0.483 e. The van der Waals surface area contributed by atoms with E-state index in [1.54, 1.807) is 28.7 Å². The summed E-state index contributed by atoms with van der Waals surface area (Å²) < 4.78 is 3.40. The molecule has 0 aliphatic heterocycles. The molecule has 0 aromatic carbocycles. The molecule has 3 heterocycles. The molecule has 0 aliphatic rings. The van der Waals surface area contributed by atoms with E-state index in [-0.39, 0.29) is 6.47 Å². The number of carbonyl (C=O) groups is 1. The van der Waals surface area contributed by atoms with Crippen molar-refractivity contribution in [2.45, 2.75) is 26.9 Å². The molecule has 0 fully saturated rings. The van der Waals surface area contributed by atoms with Crippen LogP contribution in [0.15, 0.2) is 24.5 Å². The Bertz CT molecular complexity index is 869. The van der Waals surface area contributed by atoms with Gasteiger partial charge in [-0.2, -0.15) is 9.78 Å². The lowest BCUT2D eigenvalue weighted by atomic mass is 10.1. The van der Waals surface area contributed by atoms with Gasteiger partial charge in [-0.3, -0.25) is 14.5 Å². The molecular weight excluding hydrogens is 324 g/mol. The van der Waals surface area contributed by atoms with Gasteiger partial charge >= 0.3 is 0 Å². The summed E-state index contributed by atoms with van der Waals surface area (Å²) in [6, 6.07) is 3.85. The van der Waals surface area contributed by atoms with E-state index in [0.29, 0.717) is 11.6 Å². The van der Waals surface area contributed by atoms with E-state index in [9.17, 15) is 5.11 Å². The summed E-state index contributed by atoms with van der Waals surface area (Å²) in [6.07, 6.45) is 2.74. The van der Waals surface area contributed by atoms with Crippen LogP contribution in [0, 0.1) is 13.8 Å². The Morgan fingerprint density at radius 3 is 2.52 bits per heavy atom. The van der Waals surface area contributed by atoms with Crippen molar-refractivity contribution in [2.75, 3.05) is 0 Å². The Balaban J connectivity index is 0.000000701. The zero-order chi connectivity index (χ0) is 18.6. The molecule has 3 aromatic rings. The Hall–Kier alpha value is -3.07. The van der Waals surface area contributed by atoms with E-state index in [4.69, 9.17) is 9.90 Å². The summed E-state index contributed by atoms with van der Waals surface area (Å²) in [6.45, 7) is 5.35. The summed E-state index contributed by atoms with van der Waals surface area (Å²) in [5.74, 6) is 1.79. The molecule has 1 unspecified atom stereocenters. The second-order valence-corrected chi connectivity index (χ2v) is 5.44. The van der Waals surface area contributed by atoms with E-state index >= 15 is 0 Å². The summed E-state index contributed by atoms with van der Waals surface area (Å²) >= 11 is 0. The first-order valence-electron chi connectivity index (χ1n) is 7.54. The highest BCUT2D eigenvalue weighted by molar-refractivity contribution is 5.61. The monoisotopic (exact) mass is 344 g/mol. The number of aliphatic hydroxyl groups excluding tert-OH is 1. The van der Waals surface area contributed by atoms with Crippen LogP contribution in [-0.4, -0.2) is 46.2 Å². The third-order valence-corrected chi connectivity index (χ3v) is 3.50. The lowest BCUT2D eigenvalue weighted by Gasteiger charge is -2.08. The lowest BCUT2D eigenvalue weighted by Crippen LogP contribution is -2.07. The Labute approximate surface area is 144 Å². The van der Waals surface area contributed by atoms with Crippen LogP contribution in [0.5, 0.6) is 0 Å². The van der Waals surface area contributed by atoms with E-state index in [2.05, 4.69) is 20.2 Å². The van der Waals surface area contributed by atoms with Gasteiger partial charge in [0.25, 0.3) is 6.47 Å². The van der Waals surface area contributed by atoms with Gasteiger partial charge in [-0.15, -0.1) is 5.10 Å². The van der Waals surface area contributed by atoms with E-state index in [0.717, 1.165) is 22.6 Å². The maximum atomic E-state index is 9.81. The molecule has 1 atom stereocenters. The first-order chi connectivity index (χ1) is 11.9. The number of aromatic nitrogens is 6. The standard InChI is InChI=1S/C15H18N6O.CH2O2/c1-9-7-10(2)16-8-12(9)15-18-14(11(3)22)19-21(15)13-5-6-17-20(13)4;2-1-3/h5-8,11,22H,1-4H3;1H,(H,2,3). The normalized spacial score (nSPS) is 11.6. The molecule has 9 nitrogen and oxygen atoms in total. The average Bonchev–Trinajstić information content (AvgIpc) is 3.14. The average molecular weight is 344 g/mol. The minimum atomic E-state index is -0.744. The number of rotatable bonds is 3. The summed E-state index contributed by atoms with van der Waals surface area (Å²) in [7, 11) is 1.84. The summed E-state index contributed by atoms with van der Waals surface area (Å²) in [5.41, 5.74) is 2.88. The number of aliphatic hydroxyl groups is 1. The topological polar surface area (TPSA) is 119 Å². The molecule has 0 saturated carbocycles. The largest absolute Gasteiger partial charge is 0.483 e. The van der Waals surface area contributed by atoms with Crippen LogP contribution in [0.4, 0.5) is 0 Å². The maximum absolute atomic E-state index is 9.81. The van der Waals surface area contributed by atoms with Gasteiger partial charge in [-0.1, -0.05) is 0 Å². The fourth-order valence-electron chi connectivity index (χ4n) is 2.34. The molecule has 3 aromatic heterocycles. The molecule has 0 amide bonds. The molecule has 132 valence electrons. The van der Waals surface area contributed by atoms with Crippen molar-refractivity contribution in [3.63, 3.8) is 0 Å². The first kappa shape index (κ1) is 18.3. The Morgan fingerprint density at radius 1 is 1.32 bits per heavy atom. The first-order valence-corrected chi connectivity index (χ1v) is 7.54. The van der Waals surface area contributed by atoms with E-state index in [1.807, 2.05) is 33.0 Å². The van der Waals surface area contributed by atoms with Crippen LogP contribution in [0.3, 0.4) is 0 Å². The number of carboxylic acid groups (broad SMARTS) is 1. The fraction of sp³-hybridized carbons (Fsp3) is 0.312. The predicted octanol–water partition coefficient (Wildman–Crippen LogP) is 1.43. The van der Waals surface area contributed by atoms with Crippen molar-refractivity contribution >= 4 is 6.47 Å². The highest BCUT2D eigenvalue weighted by Crippen LogP contribution is 2.25. The van der Waals surface area contributed by atoms with Crippen molar-refractivity contribution in [1.82, 2.24) is 29.5 Å².